The van der Waals surface area contributed by atoms with E-state index in [-0.39, 0.29) is 0 Å². The van der Waals surface area contributed by atoms with Gasteiger partial charge in [0.2, 0.25) is 0 Å². The number of likely N-dealkylation sites (N-methyl/N-ethyl adjacent to an activating group) is 2. The quantitative estimate of drug-likeness (QED) is 0.325. The van der Waals surface area contributed by atoms with Gasteiger partial charge in [-0.15, -0.1) is 0 Å². The molecule has 0 N–H and O–H groups in total. The van der Waals surface area contributed by atoms with Crippen LogP contribution in [0.4, 0.5) is 0 Å². The van der Waals surface area contributed by atoms with Gasteiger partial charge in [-0.05, 0) is 55.1 Å². The summed E-state index contributed by atoms with van der Waals surface area (Å²) in [5.41, 5.74) is 2.26. The van der Waals surface area contributed by atoms with Crippen molar-refractivity contribution >= 4 is 56.4 Å². The molecule has 0 unspecified atom stereocenters. The smallest absolute Gasteiger partial charge is 0.0612 e. The SMILES string of the molecule is CN(CCN(C)/N=C\C(Br)=C\c1ccccc1)/N=C\C(Br)=C\c1ccccc1. The van der Waals surface area contributed by atoms with Gasteiger partial charge in [0.15, 0.2) is 0 Å². The van der Waals surface area contributed by atoms with Crippen LogP contribution in [0, 0.1) is 0 Å². The molecule has 0 atom stereocenters. The van der Waals surface area contributed by atoms with Gasteiger partial charge in [-0.3, -0.25) is 10.0 Å². The van der Waals surface area contributed by atoms with Gasteiger partial charge in [0.05, 0.1) is 25.5 Å². The zero-order chi connectivity index (χ0) is 20.2. The summed E-state index contributed by atoms with van der Waals surface area (Å²) in [7, 11) is 3.89. The maximum Gasteiger partial charge on any atom is 0.0612 e. The third kappa shape index (κ3) is 9.15. The minimum absolute atomic E-state index is 0.760. The average Bonchev–Trinajstić information content (AvgIpc) is 2.70. The van der Waals surface area contributed by atoms with E-state index in [2.05, 4.69) is 66.3 Å². The Morgan fingerprint density at radius 1 is 0.714 bits per heavy atom. The van der Waals surface area contributed by atoms with Gasteiger partial charge in [-0.2, -0.15) is 10.2 Å². The number of halogens is 2. The van der Waals surface area contributed by atoms with E-state index in [4.69, 9.17) is 0 Å². The first-order valence-electron chi connectivity index (χ1n) is 8.87. The lowest BCUT2D eigenvalue weighted by molar-refractivity contribution is 0.272. The van der Waals surface area contributed by atoms with Crippen molar-refractivity contribution in [2.45, 2.75) is 0 Å². The van der Waals surface area contributed by atoms with Crippen molar-refractivity contribution in [3.05, 3.63) is 80.8 Å². The van der Waals surface area contributed by atoms with Crippen molar-refractivity contribution < 1.29 is 0 Å². The molecule has 2 aromatic rings. The third-order valence-electron chi connectivity index (χ3n) is 3.71. The van der Waals surface area contributed by atoms with Gasteiger partial charge in [0.25, 0.3) is 0 Å². The van der Waals surface area contributed by atoms with Crippen molar-refractivity contribution in [3.63, 3.8) is 0 Å². The molecule has 0 aromatic heterocycles. The zero-order valence-corrected chi connectivity index (χ0v) is 19.2. The molecule has 0 heterocycles. The summed E-state index contributed by atoms with van der Waals surface area (Å²) in [6, 6.07) is 20.3. The van der Waals surface area contributed by atoms with E-state index in [9.17, 15) is 0 Å². The second-order valence-electron chi connectivity index (χ2n) is 6.13. The molecule has 0 saturated carbocycles. The highest BCUT2D eigenvalue weighted by atomic mass is 79.9. The molecule has 0 spiro atoms. The first-order chi connectivity index (χ1) is 13.5. The molecule has 0 aliphatic carbocycles. The molecular formula is C22H24Br2N4. The number of rotatable bonds is 9. The fourth-order valence-corrected chi connectivity index (χ4v) is 2.92. The van der Waals surface area contributed by atoms with Crippen LogP contribution in [-0.2, 0) is 0 Å². The van der Waals surface area contributed by atoms with Crippen LogP contribution >= 0.6 is 31.9 Å². The van der Waals surface area contributed by atoms with Crippen molar-refractivity contribution in [3.8, 4) is 0 Å². The van der Waals surface area contributed by atoms with E-state index in [1.807, 2.05) is 72.7 Å². The fraction of sp³-hybridized carbons (Fsp3) is 0.182. The molecule has 146 valence electrons. The van der Waals surface area contributed by atoms with E-state index >= 15 is 0 Å². The van der Waals surface area contributed by atoms with E-state index in [0.29, 0.717) is 0 Å². The molecule has 28 heavy (non-hydrogen) atoms. The lowest BCUT2D eigenvalue weighted by Gasteiger charge is -2.17. The number of hydrogen-bond donors (Lipinski definition) is 0. The Morgan fingerprint density at radius 2 is 1.07 bits per heavy atom. The molecule has 0 saturated heterocycles. The number of allylic oxidation sites excluding steroid dienone is 2. The monoisotopic (exact) mass is 502 g/mol. The van der Waals surface area contributed by atoms with E-state index in [0.717, 1.165) is 33.2 Å². The van der Waals surface area contributed by atoms with Crippen molar-refractivity contribution in [1.29, 1.82) is 0 Å². The van der Waals surface area contributed by atoms with Crippen LogP contribution in [0.25, 0.3) is 12.2 Å². The Kier molecular flexibility index (Phi) is 9.72. The van der Waals surface area contributed by atoms with Crippen molar-refractivity contribution in [2.24, 2.45) is 10.2 Å². The first kappa shape index (κ1) is 22.1. The molecule has 2 aromatic carbocycles. The second kappa shape index (κ2) is 12.3. The lowest BCUT2D eigenvalue weighted by atomic mass is 10.2. The predicted octanol–water partition coefficient (Wildman–Crippen LogP) is 5.69. The maximum atomic E-state index is 4.44. The molecule has 0 amide bonds. The van der Waals surface area contributed by atoms with Gasteiger partial charge >= 0.3 is 0 Å². The lowest BCUT2D eigenvalue weighted by Crippen LogP contribution is -2.25. The standard InChI is InChI=1S/C22H24Br2N4/c1-27(25-17-21(23)15-19-9-5-3-6-10-19)13-14-28(2)26-18-22(24)16-20-11-7-4-8-12-20/h3-12,15-18H,13-14H2,1-2H3/b21-15-,22-16-,25-17-,26-18-. The molecule has 0 aliphatic rings. The summed E-state index contributed by atoms with van der Waals surface area (Å²) in [6.07, 6.45) is 7.67. The fourth-order valence-electron chi connectivity index (χ4n) is 2.20. The van der Waals surface area contributed by atoms with E-state index in [1.165, 1.54) is 0 Å². The summed E-state index contributed by atoms with van der Waals surface area (Å²) >= 11 is 7.06. The third-order valence-corrected chi connectivity index (χ3v) is 4.58. The highest BCUT2D eigenvalue weighted by molar-refractivity contribution is 9.12. The van der Waals surface area contributed by atoms with Gasteiger partial charge in [-0.1, -0.05) is 60.7 Å². The van der Waals surface area contributed by atoms with Crippen LogP contribution in [-0.4, -0.2) is 49.6 Å². The minimum Gasteiger partial charge on any atom is -0.298 e. The Hall–Kier alpha value is -2.18. The summed E-state index contributed by atoms with van der Waals surface area (Å²) in [4.78, 5) is 0. The molecule has 4 nitrogen and oxygen atoms in total. The Balaban J connectivity index is 1.77. The van der Waals surface area contributed by atoms with Gasteiger partial charge in [0.1, 0.15) is 0 Å². The van der Waals surface area contributed by atoms with Gasteiger partial charge in [0, 0.05) is 23.1 Å². The number of hydrazone groups is 2. The van der Waals surface area contributed by atoms with E-state index < -0.39 is 0 Å². The molecule has 0 aliphatic heterocycles. The summed E-state index contributed by atoms with van der Waals surface area (Å²) < 4.78 is 1.85. The van der Waals surface area contributed by atoms with Crippen LogP contribution in [0.5, 0.6) is 0 Å². The zero-order valence-electron chi connectivity index (χ0n) is 16.0. The summed E-state index contributed by atoms with van der Waals surface area (Å²) in [5, 5.41) is 12.7. The Labute approximate surface area is 184 Å². The number of nitrogens with zero attached hydrogens (tertiary/aromatic N) is 4. The molecule has 2 rings (SSSR count). The average molecular weight is 504 g/mol. The van der Waals surface area contributed by atoms with Crippen LogP contribution in [0.3, 0.4) is 0 Å². The topological polar surface area (TPSA) is 31.2 Å². The molecular weight excluding hydrogens is 480 g/mol. The van der Waals surface area contributed by atoms with Crippen molar-refractivity contribution in [2.75, 3.05) is 27.2 Å². The van der Waals surface area contributed by atoms with Crippen molar-refractivity contribution in [1.82, 2.24) is 10.0 Å². The van der Waals surface area contributed by atoms with Crippen LogP contribution < -0.4 is 0 Å². The minimum atomic E-state index is 0.760. The molecule has 0 bridgehead atoms. The highest BCUT2D eigenvalue weighted by Gasteiger charge is 1.98. The Bertz CT molecular complexity index is 759. The predicted molar refractivity (Wildman–Crippen MR) is 129 cm³/mol. The Morgan fingerprint density at radius 3 is 1.43 bits per heavy atom. The molecule has 0 fully saturated rings. The van der Waals surface area contributed by atoms with Gasteiger partial charge in [-0.25, -0.2) is 0 Å². The van der Waals surface area contributed by atoms with E-state index in [1.54, 1.807) is 12.4 Å². The van der Waals surface area contributed by atoms with Gasteiger partial charge < -0.3 is 0 Å². The summed E-state index contributed by atoms with van der Waals surface area (Å²) in [5.74, 6) is 0. The highest BCUT2D eigenvalue weighted by Crippen LogP contribution is 2.11. The normalized spacial score (nSPS) is 12.7. The molecule has 6 heteroatoms. The number of hydrogen-bond acceptors (Lipinski definition) is 4. The first-order valence-corrected chi connectivity index (χ1v) is 10.5. The van der Waals surface area contributed by atoms with Crippen LogP contribution in [0.1, 0.15) is 11.1 Å². The van der Waals surface area contributed by atoms with Crippen LogP contribution in [0.15, 0.2) is 79.8 Å². The summed E-state index contributed by atoms with van der Waals surface area (Å²) in [6.45, 7) is 1.52. The second-order valence-corrected chi connectivity index (χ2v) is 7.96. The number of benzene rings is 2. The van der Waals surface area contributed by atoms with Crippen LogP contribution in [0.2, 0.25) is 0 Å². The maximum absolute atomic E-state index is 4.44. The largest absolute Gasteiger partial charge is 0.298 e. The molecule has 0 radical (unpaired) electrons.